The van der Waals surface area contributed by atoms with Crippen molar-refractivity contribution in [3.63, 3.8) is 0 Å². The van der Waals surface area contributed by atoms with Crippen LogP contribution >= 0.6 is 56.5 Å². The van der Waals surface area contributed by atoms with Crippen molar-refractivity contribution >= 4 is 84.4 Å². The van der Waals surface area contributed by atoms with Gasteiger partial charge in [-0.1, -0.05) is 12.1 Å². The molecule has 178 valence electrons. The molecule has 4 rings (SSSR count). The Balaban J connectivity index is 1.44. The van der Waals surface area contributed by atoms with Crippen molar-refractivity contribution in [2.75, 3.05) is 7.11 Å². The van der Waals surface area contributed by atoms with E-state index in [1.54, 1.807) is 25.3 Å². The third-order valence-corrected chi connectivity index (χ3v) is 7.50. The van der Waals surface area contributed by atoms with E-state index in [0.29, 0.717) is 28.4 Å². The van der Waals surface area contributed by atoms with Crippen LogP contribution in [0, 0.1) is 17.3 Å². The second-order valence-electron chi connectivity index (χ2n) is 7.24. The number of methoxy groups -OCH3 is 1. The number of hydrazone groups is 1. The Bertz CT molecular complexity index is 1440. The van der Waals surface area contributed by atoms with Crippen LogP contribution in [0.4, 0.5) is 5.69 Å². The lowest BCUT2D eigenvalue weighted by molar-refractivity contribution is -0.384. The van der Waals surface area contributed by atoms with Crippen molar-refractivity contribution in [1.82, 2.24) is 5.43 Å². The highest BCUT2D eigenvalue weighted by atomic mass is 127. The Morgan fingerprint density at radius 1 is 1.14 bits per heavy atom. The molecule has 0 fully saturated rings. The van der Waals surface area contributed by atoms with Gasteiger partial charge in [0.05, 0.1) is 26.7 Å². The Kier molecular flexibility index (Phi) is 8.18. The molecular weight excluding hydrogens is 696 g/mol. The van der Waals surface area contributed by atoms with Crippen LogP contribution in [0.15, 0.2) is 65.8 Å². The number of carbonyl (C=O) groups excluding carboxylic acids is 1. The minimum Gasteiger partial charge on any atom is -0.493 e. The van der Waals surface area contributed by atoms with E-state index in [4.69, 9.17) is 9.47 Å². The fourth-order valence-electron chi connectivity index (χ4n) is 3.17. The van der Waals surface area contributed by atoms with E-state index in [0.717, 1.165) is 23.0 Å². The van der Waals surface area contributed by atoms with E-state index in [1.165, 1.54) is 29.7 Å². The quantitative estimate of drug-likeness (QED) is 0.0991. The maximum absolute atomic E-state index is 12.5. The lowest BCUT2D eigenvalue weighted by Crippen LogP contribution is -2.16. The molecule has 1 aromatic heterocycles. The summed E-state index contributed by atoms with van der Waals surface area (Å²) in [7, 11) is 1.57. The van der Waals surface area contributed by atoms with Gasteiger partial charge >= 0.3 is 0 Å². The number of carbonyl (C=O) groups is 1. The number of halogens is 2. The van der Waals surface area contributed by atoms with E-state index in [-0.39, 0.29) is 5.69 Å². The molecular formula is C24H17I2N3O5S. The zero-order valence-electron chi connectivity index (χ0n) is 18.2. The van der Waals surface area contributed by atoms with Gasteiger partial charge < -0.3 is 9.47 Å². The maximum atomic E-state index is 12.5. The number of amides is 1. The fourth-order valence-corrected chi connectivity index (χ4v) is 5.24. The molecule has 0 saturated heterocycles. The first-order valence-electron chi connectivity index (χ1n) is 10.1. The highest BCUT2D eigenvalue weighted by Crippen LogP contribution is 2.34. The number of non-ortho nitro benzene ring substituents is 1. The van der Waals surface area contributed by atoms with Crippen LogP contribution in [-0.4, -0.2) is 24.2 Å². The largest absolute Gasteiger partial charge is 0.493 e. The number of fused-ring (bicyclic) bond motifs is 1. The molecule has 1 amide bonds. The minimum atomic E-state index is -0.463. The predicted octanol–water partition coefficient (Wildman–Crippen LogP) is 6.37. The Morgan fingerprint density at radius 3 is 2.63 bits per heavy atom. The van der Waals surface area contributed by atoms with Crippen molar-refractivity contribution in [3.8, 4) is 11.5 Å². The van der Waals surface area contributed by atoms with E-state index >= 15 is 0 Å². The second-order valence-corrected chi connectivity index (χ2v) is 10.7. The van der Waals surface area contributed by atoms with Gasteiger partial charge in [0.25, 0.3) is 11.6 Å². The zero-order chi connectivity index (χ0) is 24.9. The number of hydrogen-bond donors (Lipinski definition) is 1. The number of nitrogens with one attached hydrogen (secondary N) is 1. The first kappa shape index (κ1) is 25.3. The summed E-state index contributed by atoms with van der Waals surface area (Å²) in [5, 5.41) is 15.7. The van der Waals surface area contributed by atoms with Crippen LogP contribution in [0.2, 0.25) is 0 Å². The van der Waals surface area contributed by atoms with Crippen molar-refractivity contribution in [1.29, 1.82) is 0 Å². The molecule has 35 heavy (non-hydrogen) atoms. The molecule has 0 saturated carbocycles. The van der Waals surface area contributed by atoms with Gasteiger partial charge in [-0.25, -0.2) is 5.43 Å². The lowest BCUT2D eigenvalue weighted by Gasteiger charge is -2.13. The van der Waals surface area contributed by atoms with E-state index in [9.17, 15) is 14.9 Å². The monoisotopic (exact) mass is 713 g/mol. The molecule has 0 aliphatic heterocycles. The van der Waals surface area contributed by atoms with Gasteiger partial charge in [-0.3, -0.25) is 14.9 Å². The van der Waals surface area contributed by atoms with Crippen molar-refractivity contribution < 1.29 is 19.2 Å². The molecule has 0 radical (unpaired) electrons. The molecule has 1 heterocycles. The second kappa shape index (κ2) is 11.3. The minimum absolute atomic E-state index is 0.0187. The third kappa shape index (κ3) is 6.27. The van der Waals surface area contributed by atoms with Crippen LogP contribution in [0.3, 0.4) is 0 Å². The first-order chi connectivity index (χ1) is 16.8. The van der Waals surface area contributed by atoms with Crippen molar-refractivity contribution in [2.45, 2.75) is 6.61 Å². The normalized spacial score (nSPS) is 11.1. The van der Waals surface area contributed by atoms with E-state index in [1.807, 2.05) is 30.3 Å². The number of hydrogen-bond acceptors (Lipinski definition) is 7. The lowest BCUT2D eigenvalue weighted by atomic mass is 10.2. The van der Waals surface area contributed by atoms with Gasteiger partial charge in [0, 0.05) is 25.8 Å². The number of thiophene rings is 1. The summed E-state index contributed by atoms with van der Waals surface area (Å²) in [5.41, 5.74) is 4.25. The van der Waals surface area contributed by atoms with Crippen molar-refractivity contribution in [2.24, 2.45) is 5.10 Å². The summed E-state index contributed by atoms with van der Waals surface area (Å²) >= 11 is 5.67. The third-order valence-electron chi connectivity index (χ3n) is 4.86. The smallest absolute Gasteiger partial charge is 0.281 e. The van der Waals surface area contributed by atoms with Gasteiger partial charge in [-0.05, 0) is 92.7 Å². The van der Waals surface area contributed by atoms with Crippen LogP contribution in [0.5, 0.6) is 11.5 Å². The number of ether oxygens (including phenoxy) is 2. The number of nitrogens with zero attached hydrogens (tertiary/aromatic N) is 2. The zero-order valence-corrected chi connectivity index (χ0v) is 23.3. The molecule has 0 spiro atoms. The molecule has 0 aliphatic carbocycles. The summed E-state index contributed by atoms with van der Waals surface area (Å²) in [6.07, 6.45) is 1.52. The van der Waals surface area contributed by atoms with Gasteiger partial charge in [0.1, 0.15) is 6.61 Å². The molecule has 0 bridgehead atoms. The highest BCUT2D eigenvalue weighted by Gasteiger charge is 2.14. The van der Waals surface area contributed by atoms with E-state index < -0.39 is 10.8 Å². The van der Waals surface area contributed by atoms with Gasteiger partial charge in [0.2, 0.25) is 0 Å². The van der Waals surface area contributed by atoms with Gasteiger partial charge in [-0.15, -0.1) is 11.3 Å². The molecule has 8 nitrogen and oxygen atoms in total. The molecule has 0 atom stereocenters. The van der Waals surface area contributed by atoms with Crippen molar-refractivity contribution in [3.05, 3.63) is 93.9 Å². The number of rotatable bonds is 8. The summed E-state index contributed by atoms with van der Waals surface area (Å²) in [6, 6.07) is 17.9. The first-order valence-corrected chi connectivity index (χ1v) is 13.1. The molecule has 0 aliphatic rings. The molecule has 4 aromatic rings. The van der Waals surface area contributed by atoms with Crippen LogP contribution in [-0.2, 0) is 6.61 Å². The fraction of sp³-hybridized carbons (Fsp3) is 0.0833. The van der Waals surface area contributed by atoms with Crippen LogP contribution in [0.25, 0.3) is 10.1 Å². The van der Waals surface area contributed by atoms with Gasteiger partial charge in [0.15, 0.2) is 11.5 Å². The Labute approximate surface area is 231 Å². The summed E-state index contributed by atoms with van der Waals surface area (Å²) < 4.78 is 14.3. The van der Waals surface area contributed by atoms with Crippen LogP contribution < -0.4 is 14.9 Å². The summed E-state index contributed by atoms with van der Waals surface area (Å²) in [6.45, 7) is 0.408. The average molecular weight is 713 g/mol. The molecule has 3 aromatic carbocycles. The number of benzene rings is 3. The topological polar surface area (TPSA) is 103 Å². The number of nitro groups is 1. The van der Waals surface area contributed by atoms with E-state index in [2.05, 4.69) is 55.7 Å². The highest BCUT2D eigenvalue weighted by molar-refractivity contribution is 14.1. The summed E-state index contributed by atoms with van der Waals surface area (Å²) in [4.78, 5) is 23.4. The number of nitro benzene ring substituents is 1. The Morgan fingerprint density at radius 2 is 1.91 bits per heavy atom. The maximum Gasteiger partial charge on any atom is 0.281 e. The molecule has 0 unspecified atom stereocenters. The average Bonchev–Trinajstić information content (AvgIpc) is 3.27. The molecule has 11 heteroatoms. The molecule has 1 N–H and O–H groups in total. The van der Waals surface area contributed by atoms with Gasteiger partial charge in [-0.2, -0.15) is 5.10 Å². The SMILES string of the molecule is COc1cc(/C=N\NC(=O)c2cc3cc([N+](=O)[O-])ccc3s2)cc(I)c1OCc1ccc(I)cc1. The standard InChI is InChI=1S/C24H17I2N3O5S/c1-33-20-9-15(8-19(26)23(20)34-13-14-2-4-17(25)5-3-14)12-27-28-24(30)22-11-16-10-18(29(31)32)6-7-21(16)35-22/h2-12H,13H2,1H3,(H,28,30)/b27-12-. The Hall–Kier alpha value is -2.78. The summed E-state index contributed by atoms with van der Waals surface area (Å²) in [5.74, 6) is 0.790. The predicted molar refractivity (Wildman–Crippen MR) is 153 cm³/mol. The van der Waals surface area contributed by atoms with Crippen LogP contribution in [0.1, 0.15) is 20.8 Å².